The minimum atomic E-state index is -0.291. The summed E-state index contributed by atoms with van der Waals surface area (Å²) in [4.78, 5) is 18.6. The molecular formula is C17H21N5O. The highest BCUT2D eigenvalue weighted by Gasteiger charge is 2.42. The topological polar surface area (TPSA) is 63.1 Å². The molecule has 0 bridgehead atoms. The van der Waals surface area contributed by atoms with E-state index in [1.54, 1.807) is 11.0 Å². The van der Waals surface area contributed by atoms with Gasteiger partial charge in [-0.1, -0.05) is 18.2 Å². The summed E-state index contributed by atoms with van der Waals surface area (Å²) in [6.07, 6.45) is 5.08. The van der Waals surface area contributed by atoms with Crippen molar-refractivity contribution in [3.63, 3.8) is 0 Å². The number of fused-ring (bicyclic) bond motifs is 2. The fourth-order valence-corrected chi connectivity index (χ4v) is 3.86. The molecule has 3 heterocycles. The Morgan fingerprint density at radius 3 is 2.83 bits per heavy atom. The van der Waals surface area contributed by atoms with Crippen molar-refractivity contribution >= 4 is 11.6 Å². The summed E-state index contributed by atoms with van der Waals surface area (Å²) in [5.41, 5.74) is 2.85. The average Bonchev–Trinajstić information content (AvgIpc) is 3.24. The van der Waals surface area contributed by atoms with Crippen LogP contribution < -0.4 is 5.32 Å². The number of piperidine rings is 1. The molecule has 6 heteroatoms. The monoisotopic (exact) mass is 311 g/mol. The van der Waals surface area contributed by atoms with E-state index in [0.717, 1.165) is 32.5 Å². The summed E-state index contributed by atoms with van der Waals surface area (Å²) in [5.74, 6) is 0.129. The number of para-hydroxylation sites is 1. The zero-order valence-corrected chi connectivity index (χ0v) is 13.3. The Morgan fingerprint density at radius 1 is 1.30 bits per heavy atom. The number of hydrogen-bond donors (Lipinski definition) is 1. The van der Waals surface area contributed by atoms with Gasteiger partial charge in [0.1, 0.15) is 18.7 Å². The van der Waals surface area contributed by atoms with Gasteiger partial charge < -0.3 is 10.2 Å². The first-order chi connectivity index (χ1) is 11.2. The van der Waals surface area contributed by atoms with Crippen LogP contribution in [0, 0.1) is 0 Å². The largest absolute Gasteiger partial charge is 0.384 e. The van der Waals surface area contributed by atoms with Gasteiger partial charge in [0.05, 0.1) is 0 Å². The van der Waals surface area contributed by atoms with Gasteiger partial charge in [-0.05, 0) is 31.4 Å². The van der Waals surface area contributed by atoms with Crippen LogP contribution in [0.1, 0.15) is 31.4 Å². The molecule has 1 amide bonds. The maximum absolute atomic E-state index is 12.7. The van der Waals surface area contributed by atoms with Crippen LogP contribution in [0.3, 0.4) is 0 Å². The molecule has 0 aliphatic carbocycles. The number of carbonyl (C=O) groups excluding carboxylic acids is 1. The van der Waals surface area contributed by atoms with E-state index in [0.29, 0.717) is 0 Å². The number of nitrogens with one attached hydrogen (secondary N) is 1. The number of aromatic nitrogens is 3. The van der Waals surface area contributed by atoms with Crippen molar-refractivity contribution < 1.29 is 4.79 Å². The summed E-state index contributed by atoms with van der Waals surface area (Å²) in [6, 6.07) is 8.26. The zero-order chi connectivity index (χ0) is 15.9. The van der Waals surface area contributed by atoms with E-state index in [4.69, 9.17) is 0 Å². The summed E-state index contributed by atoms with van der Waals surface area (Å²) in [6.45, 7) is 4.46. The smallest absolute Gasteiger partial charge is 0.247 e. The van der Waals surface area contributed by atoms with Crippen molar-refractivity contribution in [2.75, 3.05) is 25.0 Å². The van der Waals surface area contributed by atoms with E-state index in [-0.39, 0.29) is 17.4 Å². The molecule has 1 saturated heterocycles. The highest BCUT2D eigenvalue weighted by Crippen LogP contribution is 2.43. The first-order valence-electron chi connectivity index (χ1n) is 8.16. The third-order valence-corrected chi connectivity index (χ3v) is 5.34. The molecule has 4 rings (SSSR count). The Labute approximate surface area is 135 Å². The van der Waals surface area contributed by atoms with Crippen LogP contribution in [-0.2, 0) is 10.2 Å². The lowest BCUT2D eigenvalue weighted by atomic mass is 9.74. The van der Waals surface area contributed by atoms with Gasteiger partial charge in [-0.2, -0.15) is 5.10 Å². The molecule has 1 spiro atoms. The Kier molecular flexibility index (Phi) is 3.32. The standard InChI is InChI=1S/C17H21N5O/c1-13(22-12-18-11-20-22)16(23)21-8-6-17(7-9-21)10-19-15-5-3-2-4-14(15)17/h2-5,11-13,19H,6-10H2,1H3. The Bertz CT molecular complexity index is 704. The number of benzene rings is 1. The van der Waals surface area contributed by atoms with Crippen LogP contribution in [0.25, 0.3) is 0 Å². The van der Waals surface area contributed by atoms with Gasteiger partial charge in [0.15, 0.2) is 0 Å². The lowest BCUT2D eigenvalue weighted by Crippen LogP contribution is -2.47. The Balaban J connectivity index is 1.47. The third kappa shape index (κ3) is 2.29. The van der Waals surface area contributed by atoms with Gasteiger partial charge >= 0.3 is 0 Å². The van der Waals surface area contributed by atoms with Crippen molar-refractivity contribution in [2.45, 2.75) is 31.2 Å². The van der Waals surface area contributed by atoms with Crippen molar-refractivity contribution in [1.29, 1.82) is 0 Å². The van der Waals surface area contributed by atoms with Gasteiger partial charge in [-0.3, -0.25) is 4.79 Å². The first-order valence-corrected chi connectivity index (χ1v) is 8.16. The summed E-state index contributed by atoms with van der Waals surface area (Å²) < 4.78 is 1.62. The van der Waals surface area contributed by atoms with Gasteiger partial charge in [0, 0.05) is 30.7 Å². The second-order valence-corrected chi connectivity index (χ2v) is 6.56. The number of amides is 1. The lowest BCUT2D eigenvalue weighted by Gasteiger charge is -2.40. The lowest BCUT2D eigenvalue weighted by molar-refractivity contribution is -0.136. The number of rotatable bonds is 2. The molecule has 6 nitrogen and oxygen atoms in total. The summed E-state index contributed by atoms with van der Waals surface area (Å²) >= 11 is 0. The zero-order valence-electron chi connectivity index (χ0n) is 13.3. The van der Waals surface area contributed by atoms with E-state index >= 15 is 0 Å². The quantitative estimate of drug-likeness (QED) is 0.919. The number of likely N-dealkylation sites (tertiary alicyclic amines) is 1. The average molecular weight is 311 g/mol. The molecule has 2 aliphatic rings. The van der Waals surface area contributed by atoms with Crippen molar-refractivity contribution in [2.24, 2.45) is 0 Å². The first kappa shape index (κ1) is 14.2. The van der Waals surface area contributed by atoms with Crippen LogP contribution in [0.2, 0.25) is 0 Å². The third-order valence-electron chi connectivity index (χ3n) is 5.34. The van der Waals surface area contributed by atoms with Crippen LogP contribution in [0.4, 0.5) is 5.69 Å². The van der Waals surface area contributed by atoms with Gasteiger partial charge in [0.25, 0.3) is 0 Å². The van der Waals surface area contributed by atoms with Crippen LogP contribution in [0.15, 0.2) is 36.9 Å². The molecule has 1 aromatic carbocycles. The molecule has 1 N–H and O–H groups in total. The van der Waals surface area contributed by atoms with Crippen LogP contribution in [0.5, 0.6) is 0 Å². The normalized spacial score (nSPS) is 20.1. The Hall–Kier alpha value is -2.37. The maximum atomic E-state index is 12.7. The van der Waals surface area contributed by atoms with E-state index < -0.39 is 0 Å². The van der Waals surface area contributed by atoms with Crippen molar-refractivity contribution in [3.05, 3.63) is 42.5 Å². The molecule has 1 atom stereocenters. The number of carbonyl (C=O) groups is 1. The minimum absolute atomic E-state index is 0.129. The fourth-order valence-electron chi connectivity index (χ4n) is 3.86. The fraction of sp³-hybridized carbons (Fsp3) is 0.471. The molecular weight excluding hydrogens is 290 g/mol. The number of nitrogens with zero attached hydrogens (tertiary/aromatic N) is 4. The molecule has 2 aromatic rings. The summed E-state index contributed by atoms with van der Waals surface area (Å²) in [5, 5.41) is 7.60. The predicted molar refractivity (Wildman–Crippen MR) is 87.2 cm³/mol. The van der Waals surface area contributed by atoms with Gasteiger partial charge in [-0.25, -0.2) is 9.67 Å². The molecule has 23 heavy (non-hydrogen) atoms. The summed E-state index contributed by atoms with van der Waals surface area (Å²) in [7, 11) is 0. The molecule has 120 valence electrons. The number of anilines is 1. The molecule has 0 radical (unpaired) electrons. The van der Waals surface area contributed by atoms with Crippen molar-refractivity contribution in [3.8, 4) is 0 Å². The second kappa shape index (κ2) is 5.37. The maximum Gasteiger partial charge on any atom is 0.247 e. The minimum Gasteiger partial charge on any atom is -0.384 e. The van der Waals surface area contributed by atoms with Gasteiger partial charge in [-0.15, -0.1) is 0 Å². The molecule has 1 unspecified atom stereocenters. The highest BCUT2D eigenvalue weighted by molar-refractivity contribution is 5.80. The second-order valence-electron chi connectivity index (χ2n) is 6.56. The van der Waals surface area contributed by atoms with Crippen molar-refractivity contribution in [1.82, 2.24) is 19.7 Å². The van der Waals surface area contributed by atoms with E-state index in [1.807, 2.05) is 11.8 Å². The van der Waals surface area contributed by atoms with Crippen LogP contribution >= 0.6 is 0 Å². The molecule has 0 saturated carbocycles. The molecule has 2 aliphatic heterocycles. The number of hydrogen-bond acceptors (Lipinski definition) is 4. The molecule has 1 aromatic heterocycles. The van der Waals surface area contributed by atoms with E-state index in [1.165, 1.54) is 17.6 Å². The Morgan fingerprint density at radius 2 is 2.09 bits per heavy atom. The SMILES string of the molecule is CC(C(=O)N1CCC2(CC1)CNc1ccccc12)n1cncn1. The van der Waals surface area contributed by atoms with E-state index in [2.05, 4.69) is 39.7 Å². The predicted octanol–water partition coefficient (Wildman–Crippen LogP) is 1.83. The van der Waals surface area contributed by atoms with Crippen LogP contribution in [-0.4, -0.2) is 45.2 Å². The van der Waals surface area contributed by atoms with E-state index in [9.17, 15) is 4.79 Å². The highest BCUT2D eigenvalue weighted by atomic mass is 16.2. The van der Waals surface area contributed by atoms with Gasteiger partial charge in [0.2, 0.25) is 5.91 Å². The molecule has 1 fully saturated rings.